The largest absolute Gasteiger partial charge is 0.340 e. The van der Waals surface area contributed by atoms with Crippen LogP contribution in [0.1, 0.15) is 64.7 Å². The van der Waals surface area contributed by atoms with Crippen molar-refractivity contribution in [1.29, 1.82) is 0 Å². The molecule has 1 saturated heterocycles. The molecule has 2 aliphatic carbocycles. The van der Waals surface area contributed by atoms with Gasteiger partial charge in [-0.3, -0.25) is 9.59 Å². The highest BCUT2D eigenvalue weighted by Gasteiger charge is 2.52. The van der Waals surface area contributed by atoms with E-state index in [2.05, 4.69) is 12.2 Å². The van der Waals surface area contributed by atoms with Crippen molar-refractivity contribution in [1.82, 2.24) is 10.2 Å². The van der Waals surface area contributed by atoms with Crippen molar-refractivity contribution >= 4 is 11.8 Å². The molecule has 19 heavy (non-hydrogen) atoms. The molecule has 2 amide bonds. The van der Waals surface area contributed by atoms with Gasteiger partial charge in [0.15, 0.2) is 0 Å². The molecule has 1 spiro atoms. The van der Waals surface area contributed by atoms with E-state index in [9.17, 15) is 9.59 Å². The Morgan fingerprint density at radius 3 is 2.16 bits per heavy atom. The molecule has 1 heterocycles. The number of hydrogen-bond acceptors (Lipinski definition) is 2. The number of carbonyl (C=O) groups excluding carboxylic acids is 2. The molecule has 1 aliphatic heterocycles. The zero-order valence-electron chi connectivity index (χ0n) is 11.8. The normalized spacial score (nSPS) is 29.6. The monoisotopic (exact) mass is 264 g/mol. The van der Waals surface area contributed by atoms with Gasteiger partial charge in [-0.1, -0.05) is 32.1 Å². The summed E-state index contributed by atoms with van der Waals surface area (Å²) in [5, 5.41) is 3.00. The van der Waals surface area contributed by atoms with Crippen molar-refractivity contribution in [2.45, 2.75) is 75.8 Å². The van der Waals surface area contributed by atoms with Gasteiger partial charge in [-0.2, -0.15) is 0 Å². The fraction of sp³-hybridized carbons (Fsp3) is 0.867. The van der Waals surface area contributed by atoms with Crippen LogP contribution in [0.5, 0.6) is 0 Å². The van der Waals surface area contributed by atoms with E-state index in [0.29, 0.717) is 0 Å². The Bertz CT molecular complexity index is 393. The smallest absolute Gasteiger partial charge is 0.249 e. The number of rotatable bonds is 1. The van der Waals surface area contributed by atoms with E-state index in [1.165, 1.54) is 19.3 Å². The van der Waals surface area contributed by atoms with Crippen molar-refractivity contribution in [3.8, 4) is 0 Å². The summed E-state index contributed by atoms with van der Waals surface area (Å²) in [6.45, 7) is 2.43. The average Bonchev–Trinajstić information content (AvgIpc) is 2.84. The molecule has 4 nitrogen and oxygen atoms in total. The number of nitrogens with one attached hydrogen (secondary N) is 1. The van der Waals surface area contributed by atoms with Crippen LogP contribution in [-0.4, -0.2) is 34.3 Å². The SMILES string of the molecule is CC1(N2CC(=O)NC3(CCCC3)C2=O)CCCCC1. The van der Waals surface area contributed by atoms with Gasteiger partial charge in [0.1, 0.15) is 12.1 Å². The molecule has 0 bridgehead atoms. The Balaban J connectivity index is 1.87. The van der Waals surface area contributed by atoms with E-state index >= 15 is 0 Å². The maximum atomic E-state index is 12.9. The first-order valence-corrected chi connectivity index (χ1v) is 7.69. The molecule has 0 aromatic carbocycles. The predicted molar refractivity (Wildman–Crippen MR) is 72.5 cm³/mol. The molecule has 0 aromatic heterocycles. The Labute approximate surface area is 114 Å². The van der Waals surface area contributed by atoms with E-state index in [1.807, 2.05) is 4.90 Å². The van der Waals surface area contributed by atoms with Crippen LogP contribution in [0.15, 0.2) is 0 Å². The second-order valence-electron chi connectivity index (χ2n) is 6.79. The van der Waals surface area contributed by atoms with Gasteiger partial charge in [0.25, 0.3) is 0 Å². The second kappa shape index (κ2) is 4.50. The average molecular weight is 264 g/mol. The Morgan fingerprint density at radius 2 is 1.53 bits per heavy atom. The third kappa shape index (κ3) is 2.05. The van der Waals surface area contributed by atoms with Gasteiger partial charge < -0.3 is 10.2 Å². The zero-order chi connectivity index (χ0) is 13.5. The summed E-state index contributed by atoms with van der Waals surface area (Å²) in [4.78, 5) is 26.9. The highest BCUT2D eigenvalue weighted by molar-refractivity contribution is 5.98. The molecule has 106 valence electrons. The maximum absolute atomic E-state index is 12.9. The van der Waals surface area contributed by atoms with Crippen molar-refractivity contribution in [2.75, 3.05) is 6.54 Å². The lowest BCUT2D eigenvalue weighted by Crippen LogP contribution is -2.70. The zero-order valence-corrected chi connectivity index (χ0v) is 11.8. The molecule has 3 aliphatic rings. The highest BCUT2D eigenvalue weighted by atomic mass is 16.2. The Kier molecular flexibility index (Phi) is 3.06. The highest BCUT2D eigenvalue weighted by Crippen LogP contribution is 2.39. The van der Waals surface area contributed by atoms with Crippen LogP contribution in [0.25, 0.3) is 0 Å². The molecule has 1 N–H and O–H groups in total. The standard InChI is InChI=1S/C15H24N2O2/c1-14(7-3-2-4-8-14)17-11-12(18)16-15(13(17)19)9-5-6-10-15/h2-11H2,1H3,(H,16,18). The van der Waals surface area contributed by atoms with E-state index in [-0.39, 0.29) is 23.9 Å². The Hall–Kier alpha value is -1.06. The summed E-state index contributed by atoms with van der Waals surface area (Å²) in [6, 6.07) is 0. The molecular weight excluding hydrogens is 240 g/mol. The van der Waals surface area contributed by atoms with Crippen LogP contribution in [-0.2, 0) is 9.59 Å². The minimum Gasteiger partial charge on any atom is -0.340 e. The van der Waals surface area contributed by atoms with Crippen molar-refractivity contribution in [2.24, 2.45) is 0 Å². The lowest BCUT2D eigenvalue weighted by Gasteiger charge is -2.50. The van der Waals surface area contributed by atoms with Crippen LogP contribution < -0.4 is 5.32 Å². The van der Waals surface area contributed by atoms with Crippen LogP contribution in [0.2, 0.25) is 0 Å². The van der Waals surface area contributed by atoms with Crippen molar-refractivity contribution in [3.05, 3.63) is 0 Å². The van der Waals surface area contributed by atoms with Crippen LogP contribution in [0.3, 0.4) is 0 Å². The number of nitrogens with zero attached hydrogens (tertiary/aromatic N) is 1. The topological polar surface area (TPSA) is 49.4 Å². The summed E-state index contributed by atoms with van der Waals surface area (Å²) < 4.78 is 0. The predicted octanol–water partition coefficient (Wildman–Crippen LogP) is 1.98. The van der Waals surface area contributed by atoms with Crippen molar-refractivity contribution < 1.29 is 9.59 Å². The first kappa shape index (κ1) is 12.9. The third-order valence-corrected chi connectivity index (χ3v) is 5.37. The fourth-order valence-corrected chi connectivity index (χ4v) is 4.17. The minimum atomic E-state index is -0.560. The Morgan fingerprint density at radius 1 is 0.947 bits per heavy atom. The van der Waals surface area contributed by atoms with Gasteiger partial charge >= 0.3 is 0 Å². The maximum Gasteiger partial charge on any atom is 0.249 e. The van der Waals surface area contributed by atoms with Crippen molar-refractivity contribution in [3.63, 3.8) is 0 Å². The molecule has 0 radical (unpaired) electrons. The fourth-order valence-electron chi connectivity index (χ4n) is 4.17. The summed E-state index contributed by atoms with van der Waals surface area (Å²) in [5.74, 6) is 0.224. The molecule has 2 saturated carbocycles. The minimum absolute atomic E-state index is 0.0355. The lowest BCUT2D eigenvalue weighted by atomic mass is 9.79. The summed E-state index contributed by atoms with van der Waals surface area (Å²) in [5.41, 5.74) is -0.654. The lowest BCUT2D eigenvalue weighted by molar-refractivity contribution is -0.157. The molecule has 3 rings (SSSR count). The second-order valence-corrected chi connectivity index (χ2v) is 6.79. The first-order valence-electron chi connectivity index (χ1n) is 7.69. The number of carbonyl (C=O) groups is 2. The van der Waals surface area contributed by atoms with Gasteiger partial charge in [0.2, 0.25) is 11.8 Å². The van der Waals surface area contributed by atoms with Gasteiger partial charge in [-0.25, -0.2) is 0 Å². The summed E-state index contributed by atoms with van der Waals surface area (Å²) in [6.07, 6.45) is 9.45. The van der Waals surface area contributed by atoms with Gasteiger partial charge in [-0.15, -0.1) is 0 Å². The molecule has 0 atom stereocenters. The van der Waals surface area contributed by atoms with E-state index in [0.717, 1.165) is 38.5 Å². The molecular formula is C15H24N2O2. The number of amides is 2. The summed E-state index contributed by atoms with van der Waals surface area (Å²) in [7, 11) is 0. The summed E-state index contributed by atoms with van der Waals surface area (Å²) >= 11 is 0. The van der Waals surface area contributed by atoms with Crippen LogP contribution in [0.4, 0.5) is 0 Å². The first-order chi connectivity index (χ1) is 9.06. The van der Waals surface area contributed by atoms with E-state index in [4.69, 9.17) is 0 Å². The number of hydrogen-bond donors (Lipinski definition) is 1. The molecule has 0 unspecified atom stereocenters. The molecule has 4 heteroatoms. The van der Waals surface area contributed by atoms with Crippen LogP contribution >= 0.6 is 0 Å². The quantitative estimate of drug-likeness (QED) is 0.787. The number of piperazine rings is 1. The molecule has 0 aromatic rings. The van der Waals surface area contributed by atoms with Crippen LogP contribution in [0, 0.1) is 0 Å². The van der Waals surface area contributed by atoms with Gasteiger partial charge in [-0.05, 0) is 32.6 Å². The van der Waals surface area contributed by atoms with E-state index < -0.39 is 5.54 Å². The third-order valence-electron chi connectivity index (χ3n) is 5.37. The molecule has 3 fully saturated rings. The van der Waals surface area contributed by atoms with Gasteiger partial charge in [0, 0.05) is 5.54 Å². The van der Waals surface area contributed by atoms with Gasteiger partial charge in [0.05, 0.1) is 0 Å². The van der Waals surface area contributed by atoms with E-state index in [1.54, 1.807) is 0 Å².